The Hall–Kier alpha value is -1.64. The lowest BCUT2D eigenvalue weighted by Gasteiger charge is -2.11. The quantitative estimate of drug-likeness (QED) is 0.763. The summed E-state index contributed by atoms with van der Waals surface area (Å²) in [5.74, 6) is 0.0945. The molecule has 16 heavy (non-hydrogen) atoms. The van der Waals surface area contributed by atoms with E-state index in [1.807, 2.05) is 6.92 Å². The maximum absolute atomic E-state index is 11.5. The first-order chi connectivity index (χ1) is 7.69. The Balaban J connectivity index is 2.06. The number of hydrogen-bond acceptors (Lipinski definition) is 2. The molecule has 0 aliphatic carbocycles. The second kappa shape index (κ2) is 4.47. The highest BCUT2D eigenvalue weighted by Gasteiger charge is 2.20. The molecule has 1 heterocycles. The monoisotopic (exact) mass is 216 g/mol. The van der Waals surface area contributed by atoms with E-state index in [4.69, 9.17) is 0 Å². The molecule has 3 nitrogen and oxygen atoms in total. The minimum Gasteiger partial charge on any atom is -0.273 e. The van der Waals surface area contributed by atoms with Crippen molar-refractivity contribution in [2.75, 3.05) is 0 Å². The van der Waals surface area contributed by atoms with Crippen molar-refractivity contribution in [2.45, 2.75) is 33.2 Å². The summed E-state index contributed by atoms with van der Waals surface area (Å²) in [6.45, 7) is 4.60. The summed E-state index contributed by atoms with van der Waals surface area (Å²) >= 11 is 0. The van der Waals surface area contributed by atoms with Gasteiger partial charge in [-0.15, -0.1) is 0 Å². The van der Waals surface area contributed by atoms with Gasteiger partial charge >= 0.3 is 0 Å². The molecule has 1 aliphatic rings. The van der Waals surface area contributed by atoms with Crippen LogP contribution in [0.25, 0.3) is 0 Å². The summed E-state index contributed by atoms with van der Waals surface area (Å²) in [4.78, 5) is 11.5. The second-order valence-corrected chi connectivity index (χ2v) is 4.13. The molecule has 0 saturated carbocycles. The van der Waals surface area contributed by atoms with Crippen LogP contribution in [0.2, 0.25) is 0 Å². The largest absolute Gasteiger partial charge is 0.273 e. The lowest BCUT2D eigenvalue weighted by atomic mass is 10.1. The lowest BCUT2D eigenvalue weighted by Crippen LogP contribution is -2.19. The maximum Gasteiger partial charge on any atom is 0.248 e. The van der Waals surface area contributed by atoms with Crippen molar-refractivity contribution in [3.05, 3.63) is 35.4 Å². The van der Waals surface area contributed by atoms with E-state index in [2.05, 4.69) is 36.3 Å². The number of hydrogen-bond donors (Lipinski definition) is 0. The van der Waals surface area contributed by atoms with Crippen molar-refractivity contribution in [1.29, 1.82) is 0 Å². The number of aryl methyl sites for hydroxylation is 1. The normalized spacial score (nSPS) is 15.5. The molecule has 0 fully saturated rings. The van der Waals surface area contributed by atoms with Crippen molar-refractivity contribution in [2.24, 2.45) is 5.10 Å². The molecule has 1 aromatic rings. The van der Waals surface area contributed by atoms with Crippen molar-refractivity contribution < 1.29 is 4.79 Å². The zero-order chi connectivity index (χ0) is 11.5. The van der Waals surface area contributed by atoms with Crippen molar-refractivity contribution in [3.63, 3.8) is 0 Å². The average Bonchev–Trinajstić information content (AvgIpc) is 2.59. The van der Waals surface area contributed by atoms with E-state index in [1.165, 1.54) is 5.56 Å². The van der Waals surface area contributed by atoms with Crippen LogP contribution in [-0.4, -0.2) is 16.6 Å². The van der Waals surface area contributed by atoms with Crippen LogP contribution in [0, 0.1) is 0 Å². The van der Waals surface area contributed by atoms with Gasteiger partial charge in [0.25, 0.3) is 0 Å². The predicted octanol–water partition coefficient (Wildman–Crippen LogP) is 2.36. The van der Waals surface area contributed by atoms with Crippen LogP contribution in [0.15, 0.2) is 29.4 Å². The van der Waals surface area contributed by atoms with Gasteiger partial charge in [0.1, 0.15) is 0 Å². The number of rotatable bonds is 3. The number of benzene rings is 1. The molecule has 0 atom stereocenters. The first kappa shape index (κ1) is 10.9. The van der Waals surface area contributed by atoms with Gasteiger partial charge in [0.2, 0.25) is 5.91 Å². The molecule has 2 rings (SSSR count). The molecule has 0 N–H and O–H groups in total. The first-order valence-electron chi connectivity index (χ1n) is 5.61. The van der Waals surface area contributed by atoms with Gasteiger partial charge in [-0.1, -0.05) is 31.2 Å². The Morgan fingerprint density at radius 3 is 2.38 bits per heavy atom. The first-order valence-corrected chi connectivity index (χ1v) is 5.61. The summed E-state index contributed by atoms with van der Waals surface area (Å²) in [5, 5.41) is 5.76. The molecule has 3 heteroatoms. The second-order valence-electron chi connectivity index (χ2n) is 4.13. The topological polar surface area (TPSA) is 32.7 Å². The van der Waals surface area contributed by atoms with E-state index in [0.29, 0.717) is 13.0 Å². The third-order valence-electron chi connectivity index (χ3n) is 2.75. The minimum absolute atomic E-state index is 0.0945. The highest BCUT2D eigenvalue weighted by Crippen LogP contribution is 2.13. The van der Waals surface area contributed by atoms with Crippen molar-refractivity contribution in [3.8, 4) is 0 Å². The smallest absolute Gasteiger partial charge is 0.248 e. The van der Waals surface area contributed by atoms with Gasteiger partial charge in [0.15, 0.2) is 0 Å². The molecule has 1 aliphatic heterocycles. The van der Waals surface area contributed by atoms with Gasteiger partial charge in [-0.3, -0.25) is 4.79 Å². The molecule has 0 unspecified atom stereocenters. The van der Waals surface area contributed by atoms with E-state index in [1.54, 1.807) is 5.01 Å². The summed E-state index contributed by atoms with van der Waals surface area (Å²) in [7, 11) is 0. The third kappa shape index (κ3) is 2.30. The summed E-state index contributed by atoms with van der Waals surface area (Å²) in [5.41, 5.74) is 3.34. The lowest BCUT2D eigenvalue weighted by molar-refractivity contribution is -0.129. The Morgan fingerprint density at radius 2 is 1.88 bits per heavy atom. The van der Waals surface area contributed by atoms with Gasteiger partial charge in [-0.2, -0.15) is 5.10 Å². The fourth-order valence-electron chi connectivity index (χ4n) is 1.78. The molecule has 0 spiro atoms. The minimum atomic E-state index is 0.0945. The standard InChI is InChI=1S/C13H16N2O/c1-3-11-4-6-12(7-5-11)9-15-13(16)8-10(2)14-15/h4-7H,3,8-9H2,1-2H3. The fraction of sp³-hybridized carbons (Fsp3) is 0.385. The SMILES string of the molecule is CCc1ccc(CN2N=C(C)CC2=O)cc1. The zero-order valence-corrected chi connectivity index (χ0v) is 9.73. The van der Waals surface area contributed by atoms with Crippen LogP contribution in [0.1, 0.15) is 31.4 Å². The highest BCUT2D eigenvalue weighted by molar-refractivity contribution is 6.03. The predicted molar refractivity (Wildman–Crippen MR) is 64.1 cm³/mol. The maximum atomic E-state index is 11.5. The highest BCUT2D eigenvalue weighted by atomic mass is 16.2. The molecule has 0 bridgehead atoms. The van der Waals surface area contributed by atoms with Gasteiger partial charge in [-0.25, -0.2) is 5.01 Å². The summed E-state index contributed by atoms with van der Waals surface area (Å²) < 4.78 is 0. The van der Waals surface area contributed by atoms with E-state index < -0.39 is 0 Å². The Labute approximate surface area is 95.8 Å². The number of carbonyl (C=O) groups excluding carboxylic acids is 1. The molecule has 0 aromatic heterocycles. The molecular weight excluding hydrogens is 200 g/mol. The number of nitrogens with zero attached hydrogens (tertiary/aromatic N) is 2. The molecule has 1 aromatic carbocycles. The van der Waals surface area contributed by atoms with Crippen LogP contribution in [0.5, 0.6) is 0 Å². The van der Waals surface area contributed by atoms with E-state index in [9.17, 15) is 4.79 Å². The third-order valence-corrected chi connectivity index (χ3v) is 2.75. The Bertz CT molecular complexity index is 420. The van der Waals surface area contributed by atoms with Gasteiger partial charge in [0.05, 0.1) is 13.0 Å². The Morgan fingerprint density at radius 1 is 1.25 bits per heavy atom. The van der Waals surface area contributed by atoms with E-state index >= 15 is 0 Å². The molecule has 0 saturated heterocycles. The molecule has 84 valence electrons. The number of hydrazone groups is 1. The average molecular weight is 216 g/mol. The zero-order valence-electron chi connectivity index (χ0n) is 9.73. The van der Waals surface area contributed by atoms with Crippen LogP contribution in [0.4, 0.5) is 0 Å². The van der Waals surface area contributed by atoms with Crippen LogP contribution in [0.3, 0.4) is 0 Å². The Kier molecular flexibility index (Phi) is 3.04. The van der Waals surface area contributed by atoms with Crippen LogP contribution < -0.4 is 0 Å². The van der Waals surface area contributed by atoms with Crippen molar-refractivity contribution >= 4 is 11.6 Å². The number of carbonyl (C=O) groups is 1. The van der Waals surface area contributed by atoms with Gasteiger partial charge in [-0.05, 0) is 24.5 Å². The van der Waals surface area contributed by atoms with Crippen molar-refractivity contribution in [1.82, 2.24) is 5.01 Å². The van der Waals surface area contributed by atoms with Gasteiger partial charge in [0, 0.05) is 5.71 Å². The molecular formula is C13H16N2O. The number of amides is 1. The van der Waals surface area contributed by atoms with E-state index in [0.717, 1.165) is 17.7 Å². The van der Waals surface area contributed by atoms with Crippen LogP contribution >= 0.6 is 0 Å². The fourth-order valence-corrected chi connectivity index (χ4v) is 1.78. The molecule has 0 radical (unpaired) electrons. The van der Waals surface area contributed by atoms with E-state index in [-0.39, 0.29) is 5.91 Å². The summed E-state index contributed by atoms with van der Waals surface area (Å²) in [6.07, 6.45) is 1.51. The van der Waals surface area contributed by atoms with Crippen LogP contribution in [-0.2, 0) is 17.8 Å². The molecule has 1 amide bonds. The summed E-state index contributed by atoms with van der Waals surface area (Å²) in [6, 6.07) is 8.34. The van der Waals surface area contributed by atoms with Gasteiger partial charge < -0.3 is 0 Å².